The van der Waals surface area contributed by atoms with Gasteiger partial charge in [-0.25, -0.2) is 9.18 Å². The van der Waals surface area contributed by atoms with E-state index < -0.39 is 29.3 Å². The number of carbonyl (C=O) groups excluding carboxylic acids is 1. The molecule has 0 bridgehead atoms. The Morgan fingerprint density at radius 2 is 1.72 bits per heavy atom. The smallest absolute Gasteiger partial charge is 0.407 e. The highest BCUT2D eigenvalue weighted by Crippen LogP contribution is 2.35. The molecule has 0 spiro atoms. The summed E-state index contributed by atoms with van der Waals surface area (Å²) in [5.74, 6) is -1.76. The Morgan fingerprint density at radius 3 is 2.32 bits per heavy atom. The Labute approximate surface area is 145 Å². The Kier molecular flexibility index (Phi) is 5.75. The number of halogens is 1. The molecular weight excluding hydrogens is 325 g/mol. The van der Waals surface area contributed by atoms with Crippen LogP contribution in [0.4, 0.5) is 9.18 Å². The van der Waals surface area contributed by atoms with Crippen LogP contribution in [0.2, 0.25) is 0 Å². The molecule has 1 atom stereocenters. The molecule has 0 saturated carbocycles. The van der Waals surface area contributed by atoms with Crippen LogP contribution in [0.5, 0.6) is 0 Å². The summed E-state index contributed by atoms with van der Waals surface area (Å²) in [5, 5.41) is 12.0. The fourth-order valence-corrected chi connectivity index (χ4v) is 2.36. The minimum Gasteiger partial charge on any atom is -0.481 e. The Hall–Kier alpha value is -2.89. The van der Waals surface area contributed by atoms with E-state index in [4.69, 9.17) is 4.74 Å². The van der Waals surface area contributed by atoms with E-state index in [9.17, 15) is 19.1 Å². The molecule has 6 heteroatoms. The van der Waals surface area contributed by atoms with Gasteiger partial charge in [0.05, 0.1) is 11.5 Å². The number of carbonyl (C=O) groups is 2. The second-order valence-corrected chi connectivity index (χ2v) is 6.19. The summed E-state index contributed by atoms with van der Waals surface area (Å²) in [4.78, 5) is 23.7. The molecule has 0 radical (unpaired) electrons. The van der Waals surface area contributed by atoms with Gasteiger partial charge in [-0.15, -0.1) is 0 Å². The minimum atomic E-state index is -1.44. The van der Waals surface area contributed by atoms with Crippen molar-refractivity contribution in [2.45, 2.75) is 26.5 Å². The van der Waals surface area contributed by atoms with Crippen molar-refractivity contribution in [1.82, 2.24) is 5.32 Å². The van der Waals surface area contributed by atoms with Crippen molar-refractivity contribution < 1.29 is 23.8 Å². The molecule has 2 aromatic rings. The lowest BCUT2D eigenvalue weighted by Gasteiger charge is -2.31. The number of hydrogen-bond donors (Lipinski definition) is 2. The lowest BCUT2D eigenvalue weighted by atomic mass is 9.80. The van der Waals surface area contributed by atoms with E-state index >= 15 is 0 Å². The Morgan fingerprint density at radius 1 is 1.12 bits per heavy atom. The first-order valence-corrected chi connectivity index (χ1v) is 7.77. The Bertz CT molecular complexity index is 746. The van der Waals surface area contributed by atoms with Crippen molar-refractivity contribution in [1.29, 1.82) is 0 Å². The third kappa shape index (κ3) is 4.56. The molecule has 0 unspecified atom stereocenters. The van der Waals surface area contributed by atoms with Crippen LogP contribution < -0.4 is 5.32 Å². The van der Waals surface area contributed by atoms with Gasteiger partial charge in [0.15, 0.2) is 0 Å². The van der Waals surface area contributed by atoms with Gasteiger partial charge in [0.2, 0.25) is 0 Å². The van der Waals surface area contributed by atoms with Crippen LogP contribution >= 0.6 is 0 Å². The third-order valence-corrected chi connectivity index (χ3v) is 3.96. The van der Waals surface area contributed by atoms with Crippen molar-refractivity contribution in [2.75, 3.05) is 0 Å². The summed E-state index contributed by atoms with van der Waals surface area (Å²) < 4.78 is 19.3. The van der Waals surface area contributed by atoms with Gasteiger partial charge in [-0.3, -0.25) is 4.79 Å². The number of nitrogens with one attached hydrogen (secondary N) is 1. The highest BCUT2D eigenvalue weighted by molar-refractivity contribution is 5.77. The van der Waals surface area contributed by atoms with E-state index in [2.05, 4.69) is 5.32 Å². The first-order valence-electron chi connectivity index (χ1n) is 7.77. The van der Waals surface area contributed by atoms with Crippen molar-refractivity contribution >= 4 is 12.1 Å². The third-order valence-electron chi connectivity index (χ3n) is 3.96. The number of carboxylic acids is 1. The van der Waals surface area contributed by atoms with Gasteiger partial charge in [0.25, 0.3) is 0 Å². The fourth-order valence-electron chi connectivity index (χ4n) is 2.36. The summed E-state index contributed by atoms with van der Waals surface area (Å²) >= 11 is 0. The molecule has 5 nitrogen and oxygen atoms in total. The topological polar surface area (TPSA) is 75.6 Å². The SMILES string of the molecule is CC(C)(C(=O)O)[C@H](NC(=O)OCc1ccccc1)c1ccccc1F. The lowest BCUT2D eigenvalue weighted by Crippen LogP contribution is -2.43. The standard InChI is InChI=1S/C19H20FNO4/c1-19(2,17(22)23)16(14-10-6-7-11-15(14)20)21-18(24)25-12-13-8-4-3-5-9-13/h3-11,16H,12H2,1-2H3,(H,21,24)(H,22,23)/t16-/m1/s1. The van der Waals surface area contributed by atoms with Crippen LogP contribution in [0.1, 0.15) is 31.0 Å². The van der Waals surface area contributed by atoms with Gasteiger partial charge < -0.3 is 15.2 Å². The molecule has 1 amide bonds. The number of hydrogen-bond acceptors (Lipinski definition) is 3. The van der Waals surface area contributed by atoms with Crippen LogP contribution in [0.15, 0.2) is 54.6 Å². The number of ether oxygens (including phenoxy) is 1. The van der Waals surface area contributed by atoms with Crippen LogP contribution in [0.3, 0.4) is 0 Å². The molecular formula is C19H20FNO4. The predicted molar refractivity (Wildman–Crippen MR) is 90.3 cm³/mol. The molecule has 0 aliphatic heterocycles. The van der Waals surface area contributed by atoms with E-state index in [0.717, 1.165) is 5.56 Å². The monoisotopic (exact) mass is 345 g/mol. The van der Waals surface area contributed by atoms with Crippen LogP contribution in [-0.4, -0.2) is 17.2 Å². The molecule has 0 aromatic heterocycles. The quantitative estimate of drug-likeness (QED) is 0.832. The first kappa shape index (κ1) is 18.4. The molecule has 132 valence electrons. The lowest BCUT2D eigenvalue weighted by molar-refractivity contribution is -0.148. The molecule has 0 fully saturated rings. The molecule has 0 aliphatic rings. The largest absolute Gasteiger partial charge is 0.481 e. The maximum Gasteiger partial charge on any atom is 0.407 e. The van der Waals surface area contributed by atoms with E-state index in [-0.39, 0.29) is 12.2 Å². The molecule has 2 aromatic carbocycles. The van der Waals surface area contributed by atoms with Gasteiger partial charge >= 0.3 is 12.1 Å². The van der Waals surface area contributed by atoms with Gasteiger partial charge in [0.1, 0.15) is 12.4 Å². The molecule has 0 aliphatic carbocycles. The second-order valence-electron chi connectivity index (χ2n) is 6.19. The maximum absolute atomic E-state index is 14.1. The van der Waals surface area contributed by atoms with Gasteiger partial charge in [-0.1, -0.05) is 48.5 Å². The van der Waals surface area contributed by atoms with Crippen molar-refractivity contribution in [3.8, 4) is 0 Å². The normalized spacial score (nSPS) is 12.3. The van der Waals surface area contributed by atoms with E-state index in [1.165, 1.54) is 32.0 Å². The molecule has 0 saturated heterocycles. The van der Waals surface area contributed by atoms with E-state index in [1.807, 2.05) is 18.2 Å². The van der Waals surface area contributed by atoms with Crippen LogP contribution in [0, 0.1) is 11.2 Å². The van der Waals surface area contributed by atoms with Crippen LogP contribution in [0.25, 0.3) is 0 Å². The van der Waals surface area contributed by atoms with Crippen molar-refractivity contribution in [3.63, 3.8) is 0 Å². The molecule has 2 N–H and O–H groups in total. The van der Waals surface area contributed by atoms with Gasteiger partial charge in [-0.2, -0.15) is 0 Å². The molecule has 25 heavy (non-hydrogen) atoms. The Balaban J connectivity index is 2.17. The second kappa shape index (κ2) is 7.79. The van der Waals surface area contributed by atoms with Crippen molar-refractivity contribution in [2.24, 2.45) is 5.41 Å². The highest BCUT2D eigenvalue weighted by Gasteiger charge is 2.40. The number of amides is 1. The van der Waals surface area contributed by atoms with Gasteiger partial charge in [0, 0.05) is 5.56 Å². The molecule has 0 heterocycles. The van der Waals surface area contributed by atoms with E-state index in [0.29, 0.717) is 0 Å². The summed E-state index contributed by atoms with van der Waals surface area (Å²) in [6.45, 7) is 2.87. The van der Waals surface area contributed by atoms with Gasteiger partial charge in [-0.05, 0) is 25.5 Å². The highest BCUT2D eigenvalue weighted by atomic mass is 19.1. The first-order chi connectivity index (χ1) is 11.8. The maximum atomic E-state index is 14.1. The van der Waals surface area contributed by atoms with E-state index in [1.54, 1.807) is 18.2 Å². The zero-order valence-electron chi connectivity index (χ0n) is 14.0. The minimum absolute atomic E-state index is 0.0319. The van der Waals surface area contributed by atoms with Crippen LogP contribution in [-0.2, 0) is 16.1 Å². The average Bonchev–Trinajstić information content (AvgIpc) is 2.59. The summed E-state index contributed by atoms with van der Waals surface area (Å²) in [6, 6.07) is 13.7. The van der Waals surface area contributed by atoms with Crippen molar-refractivity contribution in [3.05, 3.63) is 71.5 Å². The number of benzene rings is 2. The summed E-state index contributed by atoms with van der Waals surface area (Å²) in [7, 11) is 0. The number of alkyl carbamates (subject to hydrolysis) is 1. The summed E-state index contributed by atoms with van der Waals surface area (Å²) in [5.41, 5.74) is -0.558. The summed E-state index contributed by atoms with van der Waals surface area (Å²) in [6.07, 6.45) is -0.813. The number of carboxylic acid groups (broad SMARTS) is 1. The molecule has 2 rings (SSSR count). The average molecular weight is 345 g/mol. The predicted octanol–water partition coefficient (Wildman–Crippen LogP) is 3.90. The fraction of sp³-hybridized carbons (Fsp3) is 0.263. The zero-order valence-corrected chi connectivity index (χ0v) is 14.0. The number of aliphatic carboxylic acids is 1. The number of rotatable bonds is 6. The zero-order chi connectivity index (χ0) is 18.4.